The molecule has 0 aliphatic carbocycles. The SMILES string of the molecule is CN(CCOc1cccc(Cl)c1)C(=O)CN(C)C(=O)c1ccc(Br)o1. The Kier molecular flexibility index (Phi) is 6.90. The van der Waals surface area contributed by atoms with E-state index in [-0.39, 0.29) is 24.1 Å². The fourth-order valence-electron chi connectivity index (χ4n) is 1.99. The molecule has 0 saturated heterocycles. The van der Waals surface area contributed by atoms with Crippen LogP contribution in [0.4, 0.5) is 0 Å². The van der Waals surface area contributed by atoms with E-state index in [0.717, 1.165) is 0 Å². The Hall–Kier alpha value is -1.99. The second kappa shape index (κ2) is 8.92. The van der Waals surface area contributed by atoms with Gasteiger partial charge < -0.3 is 19.0 Å². The monoisotopic (exact) mass is 428 g/mol. The van der Waals surface area contributed by atoms with Crippen LogP contribution in [0.1, 0.15) is 10.6 Å². The average Bonchev–Trinajstić information content (AvgIpc) is 3.00. The molecule has 134 valence electrons. The maximum atomic E-state index is 12.2. The molecule has 0 N–H and O–H groups in total. The van der Waals surface area contributed by atoms with Crippen molar-refractivity contribution in [1.29, 1.82) is 0 Å². The number of nitrogens with zero attached hydrogens (tertiary/aromatic N) is 2. The molecule has 2 rings (SSSR count). The van der Waals surface area contributed by atoms with Crippen LogP contribution in [-0.2, 0) is 4.79 Å². The molecular weight excluding hydrogens is 412 g/mol. The fourth-order valence-corrected chi connectivity index (χ4v) is 2.48. The van der Waals surface area contributed by atoms with E-state index in [1.165, 1.54) is 9.80 Å². The van der Waals surface area contributed by atoms with Crippen LogP contribution in [0.25, 0.3) is 0 Å². The Morgan fingerprint density at radius 2 is 1.96 bits per heavy atom. The van der Waals surface area contributed by atoms with E-state index in [0.29, 0.717) is 28.6 Å². The van der Waals surface area contributed by atoms with Crippen molar-refractivity contribution in [1.82, 2.24) is 9.80 Å². The van der Waals surface area contributed by atoms with Crippen LogP contribution in [0.3, 0.4) is 0 Å². The van der Waals surface area contributed by atoms with Crippen molar-refractivity contribution >= 4 is 39.3 Å². The van der Waals surface area contributed by atoms with Gasteiger partial charge in [-0.25, -0.2) is 0 Å². The summed E-state index contributed by atoms with van der Waals surface area (Å²) in [5, 5.41) is 0.589. The Morgan fingerprint density at radius 3 is 2.60 bits per heavy atom. The number of hydrogen-bond donors (Lipinski definition) is 0. The highest BCUT2D eigenvalue weighted by Gasteiger charge is 2.19. The van der Waals surface area contributed by atoms with Crippen LogP contribution >= 0.6 is 27.5 Å². The van der Waals surface area contributed by atoms with E-state index >= 15 is 0 Å². The predicted molar refractivity (Wildman–Crippen MR) is 98.0 cm³/mol. The number of ether oxygens (including phenoxy) is 1. The zero-order valence-electron chi connectivity index (χ0n) is 13.9. The molecule has 0 fully saturated rings. The van der Waals surface area contributed by atoms with Crippen LogP contribution in [-0.4, -0.2) is 55.4 Å². The maximum Gasteiger partial charge on any atom is 0.289 e. The Morgan fingerprint density at radius 1 is 1.20 bits per heavy atom. The first-order valence-corrected chi connectivity index (χ1v) is 8.67. The molecule has 1 aromatic carbocycles. The van der Waals surface area contributed by atoms with E-state index in [2.05, 4.69) is 15.9 Å². The summed E-state index contributed by atoms with van der Waals surface area (Å²) < 4.78 is 11.2. The molecule has 0 radical (unpaired) electrons. The quantitative estimate of drug-likeness (QED) is 0.677. The molecule has 1 aromatic heterocycles. The summed E-state index contributed by atoms with van der Waals surface area (Å²) in [4.78, 5) is 27.2. The van der Waals surface area contributed by atoms with Crippen molar-refractivity contribution in [2.75, 3.05) is 33.8 Å². The minimum absolute atomic E-state index is 0.0508. The molecule has 0 atom stereocenters. The number of likely N-dealkylation sites (N-methyl/N-ethyl adjacent to an activating group) is 2. The van der Waals surface area contributed by atoms with E-state index in [9.17, 15) is 9.59 Å². The van der Waals surface area contributed by atoms with E-state index in [4.69, 9.17) is 20.8 Å². The normalized spacial score (nSPS) is 10.4. The lowest BCUT2D eigenvalue weighted by molar-refractivity contribution is -0.130. The van der Waals surface area contributed by atoms with Gasteiger partial charge in [0.2, 0.25) is 5.91 Å². The molecule has 1 heterocycles. The van der Waals surface area contributed by atoms with E-state index in [1.54, 1.807) is 50.5 Å². The van der Waals surface area contributed by atoms with Crippen molar-refractivity contribution < 1.29 is 18.7 Å². The van der Waals surface area contributed by atoms with Gasteiger partial charge in [-0.3, -0.25) is 9.59 Å². The number of rotatable bonds is 7. The van der Waals surface area contributed by atoms with Gasteiger partial charge in [-0.2, -0.15) is 0 Å². The van der Waals surface area contributed by atoms with Crippen molar-refractivity contribution in [3.63, 3.8) is 0 Å². The van der Waals surface area contributed by atoms with Gasteiger partial charge in [-0.05, 0) is 46.3 Å². The molecule has 0 saturated carbocycles. The van der Waals surface area contributed by atoms with Crippen LogP contribution < -0.4 is 4.74 Å². The van der Waals surface area contributed by atoms with Crippen LogP contribution in [0.5, 0.6) is 5.75 Å². The Bertz CT molecular complexity index is 750. The van der Waals surface area contributed by atoms with Crippen molar-refractivity contribution in [3.8, 4) is 5.75 Å². The summed E-state index contributed by atoms with van der Waals surface area (Å²) >= 11 is 9.02. The lowest BCUT2D eigenvalue weighted by Crippen LogP contribution is -2.40. The third-order valence-electron chi connectivity index (χ3n) is 3.42. The maximum absolute atomic E-state index is 12.2. The second-order valence-electron chi connectivity index (χ2n) is 5.39. The molecular formula is C17H18BrClN2O4. The minimum Gasteiger partial charge on any atom is -0.492 e. The topological polar surface area (TPSA) is 63.0 Å². The van der Waals surface area contributed by atoms with Gasteiger partial charge in [-0.15, -0.1) is 0 Å². The molecule has 6 nitrogen and oxygen atoms in total. The van der Waals surface area contributed by atoms with Gasteiger partial charge in [0, 0.05) is 19.1 Å². The fraction of sp³-hybridized carbons (Fsp3) is 0.294. The number of carbonyl (C=O) groups excluding carboxylic acids is 2. The van der Waals surface area contributed by atoms with Gasteiger partial charge in [0.1, 0.15) is 12.4 Å². The lowest BCUT2D eigenvalue weighted by Gasteiger charge is -2.21. The second-order valence-corrected chi connectivity index (χ2v) is 6.60. The minimum atomic E-state index is -0.359. The first kappa shape index (κ1) is 19.3. The van der Waals surface area contributed by atoms with Crippen LogP contribution in [0, 0.1) is 0 Å². The highest BCUT2D eigenvalue weighted by Crippen LogP contribution is 2.17. The Balaban J connectivity index is 1.78. The third kappa shape index (κ3) is 5.79. The van der Waals surface area contributed by atoms with Crippen LogP contribution in [0.15, 0.2) is 45.5 Å². The molecule has 2 amide bonds. The number of amides is 2. The highest BCUT2D eigenvalue weighted by molar-refractivity contribution is 9.10. The average molecular weight is 430 g/mol. The summed E-state index contributed by atoms with van der Waals surface area (Å²) in [5.74, 6) is 0.261. The van der Waals surface area contributed by atoms with Crippen molar-refractivity contribution in [3.05, 3.63) is 51.9 Å². The number of carbonyl (C=O) groups is 2. The molecule has 0 spiro atoms. The first-order chi connectivity index (χ1) is 11.9. The first-order valence-electron chi connectivity index (χ1n) is 7.50. The van der Waals surface area contributed by atoms with Gasteiger partial charge >= 0.3 is 0 Å². The summed E-state index contributed by atoms with van der Waals surface area (Å²) in [6, 6.07) is 10.2. The highest BCUT2D eigenvalue weighted by atomic mass is 79.9. The zero-order chi connectivity index (χ0) is 18.4. The summed E-state index contributed by atoms with van der Waals surface area (Å²) in [7, 11) is 3.21. The van der Waals surface area contributed by atoms with Gasteiger partial charge in [0.15, 0.2) is 10.4 Å². The van der Waals surface area contributed by atoms with Gasteiger partial charge in [0.25, 0.3) is 5.91 Å². The zero-order valence-corrected chi connectivity index (χ0v) is 16.2. The standard InChI is InChI=1S/C17H18BrClN2O4/c1-20(8-9-24-13-5-3-4-12(19)10-13)16(22)11-21(2)17(23)14-6-7-15(18)25-14/h3-7,10H,8-9,11H2,1-2H3. The number of hydrogen-bond acceptors (Lipinski definition) is 4. The summed E-state index contributed by atoms with van der Waals surface area (Å²) in [5.41, 5.74) is 0. The van der Waals surface area contributed by atoms with Crippen molar-refractivity contribution in [2.24, 2.45) is 0 Å². The molecule has 0 unspecified atom stereocenters. The molecule has 2 aromatic rings. The van der Waals surface area contributed by atoms with E-state index < -0.39 is 0 Å². The summed E-state index contributed by atoms with van der Waals surface area (Å²) in [6.07, 6.45) is 0. The number of furan rings is 1. The molecule has 8 heteroatoms. The van der Waals surface area contributed by atoms with Crippen LogP contribution in [0.2, 0.25) is 5.02 Å². The van der Waals surface area contributed by atoms with Gasteiger partial charge in [-0.1, -0.05) is 17.7 Å². The smallest absolute Gasteiger partial charge is 0.289 e. The summed E-state index contributed by atoms with van der Waals surface area (Å²) in [6.45, 7) is 0.663. The predicted octanol–water partition coefficient (Wildman–Crippen LogP) is 3.30. The number of halogens is 2. The lowest BCUT2D eigenvalue weighted by atomic mass is 10.3. The van der Waals surface area contributed by atoms with Gasteiger partial charge in [0.05, 0.1) is 13.1 Å². The van der Waals surface area contributed by atoms with Crippen molar-refractivity contribution in [2.45, 2.75) is 0 Å². The molecule has 25 heavy (non-hydrogen) atoms. The largest absolute Gasteiger partial charge is 0.492 e. The number of benzene rings is 1. The van der Waals surface area contributed by atoms with E-state index in [1.807, 2.05) is 0 Å². The molecule has 0 aliphatic heterocycles. The Labute approximate surface area is 159 Å². The molecule has 0 aliphatic rings. The third-order valence-corrected chi connectivity index (χ3v) is 4.08. The molecule has 0 bridgehead atoms.